The van der Waals surface area contributed by atoms with Crippen LogP contribution in [-0.4, -0.2) is 34.0 Å². The molecule has 3 N–H and O–H groups in total. The Labute approximate surface area is 205 Å². The minimum absolute atomic E-state index is 0.165. The zero-order valence-electron chi connectivity index (χ0n) is 20.7. The largest absolute Gasteiger partial charge is 0.507 e. The van der Waals surface area contributed by atoms with Gasteiger partial charge in [-0.25, -0.2) is 0 Å². The molecule has 0 saturated carbocycles. The number of nitrogens with one attached hydrogen (secondary N) is 2. The van der Waals surface area contributed by atoms with E-state index in [1.165, 1.54) is 0 Å². The van der Waals surface area contributed by atoms with E-state index in [9.17, 15) is 19.5 Å². The summed E-state index contributed by atoms with van der Waals surface area (Å²) in [7, 11) is 0. The Bertz CT molecular complexity index is 1060. The number of imide groups is 1. The second-order valence-electron chi connectivity index (χ2n) is 10.8. The minimum atomic E-state index is -0.376. The van der Waals surface area contributed by atoms with E-state index in [0.29, 0.717) is 24.9 Å². The summed E-state index contributed by atoms with van der Waals surface area (Å²) in [4.78, 5) is 36.0. The number of benzene rings is 2. The lowest BCUT2D eigenvalue weighted by atomic mass is 9.78. The fourth-order valence-electron chi connectivity index (χ4n) is 3.92. The molecule has 1 aliphatic rings. The Balaban J connectivity index is 1.64. The maximum Gasteiger partial charge on any atom is 0.286 e. The molecule has 7 heteroatoms. The molecule has 34 heavy (non-hydrogen) atoms. The normalized spacial score (nSPS) is 16.5. The van der Waals surface area contributed by atoms with Crippen LogP contribution in [0.3, 0.4) is 0 Å². The first kappa shape index (κ1) is 25.8. The van der Waals surface area contributed by atoms with Gasteiger partial charge in [0, 0.05) is 23.2 Å². The van der Waals surface area contributed by atoms with Gasteiger partial charge in [-0.05, 0) is 46.9 Å². The maximum absolute atomic E-state index is 12.9. The fourth-order valence-corrected chi connectivity index (χ4v) is 4.77. The lowest BCUT2D eigenvalue weighted by molar-refractivity contribution is -0.118. The van der Waals surface area contributed by atoms with E-state index in [1.807, 2.05) is 65.8 Å². The highest BCUT2D eigenvalue weighted by atomic mass is 32.2. The molecule has 182 valence electrons. The first-order valence-corrected chi connectivity index (χ1v) is 12.4. The summed E-state index contributed by atoms with van der Waals surface area (Å²) in [6.45, 7) is 12.6. The molecule has 1 aliphatic heterocycles. The van der Waals surface area contributed by atoms with E-state index in [0.717, 1.165) is 34.0 Å². The Hall–Kier alpha value is -2.80. The number of phenolic OH excluding ortho intramolecular Hbond substituents is 1. The number of carbonyl (C=O) groups is 3. The standard InChI is InChI=1S/C27H34N2O4S/c1-26(2,3)19-14-18(15-20(22(19)30)27(4,5)6)23(31)28-12-11-16-7-9-17(10-8-16)13-21-24(32)29-25(33)34-21/h7-10,14-15,21,30H,11-13H2,1-6H3,(H,28,31)(H,29,32,33)/t21-/m0/s1. The second-order valence-corrected chi connectivity index (χ2v) is 12.0. The van der Waals surface area contributed by atoms with Crippen LogP contribution in [-0.2, 0) is 28.5 Å². The second kappa shape index (κ2) is 9.82. The number of carbonyl (C=O) groups excluding carboxylic acids is 3. The molecule has 2 aromatic rings. The first-order valence-electron chi connectivity index (χ1n) is 11.5. The molecule has 1 fully saturated rings. The lowest BCUT2D eigenvalue weighted by Gasteiger charge is -2.28. The van der Waals surface area contributed by atoms with E-state index in [-0.39, 0.29) is 38.9 Å². The Kier molecular flexibility index (Phi) is 7.46. The number of phenols is 1. The summed E-state index contributed by atoms with van der Waals surface area (Å²) in [6.07, 6.45) is 1.17. The van der Waals surface area contributed by atoms with Gasteiger partial charge in [0.15, 0.2) is 0 Å². The van der Waals surface area contributed by atoms with Crippen molar-refractivity contribution in [2.75, 3.05) is 6.54 Å². The number of amides is 3. The maximum atomic E-state index is 12.9. The van der Waals surface area contributed by atoms with Gasteiger partial charge in [0.05, 0.1) is 5.25 Å². The molecule has 0 aliphatic carbocycles. The minimum Gasteiger partial charge on any atom is -0.507 e. The topological polar surface area (TPSA) is 95.5 Å². The van der Waals surface area contributed by atoms with E-state index >= 15 is 0 Å². The van der Waals surface area contributed by atoms with Crippen LogP contribution < -0.4 is 10.6 Å². The highest BCUT2D eigenvalue weighted by molar-refractivity contribution is 8.15. The SMILES string of the molecule is CC(C)(C)c1cc(C(=O)NCCc2ccc(C[C@@H]3SC(=O)NC3=O)cc2)cc(C(C)(C)C)c1O. The Morgan fingerprint density at radius 1 is 0.971 bits per heavy atom. The van der Waals surface area contributed by atoms with Crippen LogP contribution in [0.2, 0.25) is 0 Å². The van der Waals surface area contributed by atoms with Gasteiger partial charge < -0.3 is 10.4 Å². The third-order valence-electron chi connectivity index (χ3n) is 5.90. The Morgan fingerprint density at radius 3 is 1.97 bits per heavy atom. The molecule has 0 aromatic heterocycles. The summed E-state index contributed by atoms with van der Waals surface area (Å²) in [5, 5.41) is 15.5. The fraction of sp³-hybridized carbons (Fsp3) is 0.444. The average Bonchev–Trinajstić information content (AvgIpc) is 3.04. The predicted molar refractivity (Wildman–Crippen MR) is 137 cm³/mol. The highest BCUT2D eigenvalue weighted by Gasteiger charge is 2.31. The molecule has 0 radical (unpaired) electrons. The van der Waals surface area contributed by atoms with Crippen molar-refractivity contribution in [3.05, 3.63) is 64.2 Å². The number of hydrogen-bond acceptors (Lipinski definition) is 5. The summed E-state index contributed by atoms with van der Waals surface area (Å²) in [5.41, 5.74) is 3.53. The van der Waals surface area contributed by atoms with E-state index < -0.39 is 0 Å². The highest BCUT2D eigenvalue weighted by Crippen LogP contribution is 2.39. The van der Waals surface area contributed by atoms with Crippen molar-refractivity contribution >= 4 is 28.8 Å². The van der Waals surface area contributed by atoms with Crippen LogP contribution in [0.5, 0.6) is 5.75 Å². The van der Waals surface area contributed by atoms with Crippen molar-refractivity contribution in [3.63, 3.8) is 0 Å². The summed E-state index contributed by atoms with van der Waals surface area (Å²) in [6, 6.07) is 11.5. The quantitative estimate of drug-likeness (QED) is 0.547. The lowest BCUT2D eigenvalue weighted by Crippen LogP contribution is -2.27. The molecule has 6 nitrogen and oxygen atoms in total. The zero-order valence-corrected chi connectivity index (χ0v) is 21.6. The number of aromatic hydroxyl groups is 1. The third kappa shape index (κ3) is 6.20. The van der Waals surface area contributed by atoms with Gasteiger partial charge in [-0.3, -0.25) is 19.7 Å². The molecular formula is C27H34N2O4S. The van der Waals surface area contributed by atoms with Crippen molar-refractivity contribution < 1.29 is 19.5 Å². The van der Waals surface area contributed by atoms with Gasteiger partial charge in [0.25, 0.3) is 11.1 Å². The molecule has 3 rings (SSSR count). The first-order chi connectivity index (χ1) is 15.8. The third-order valence-corrected chi connectivity index (χ3v) is 6.88. The molecule has 1 saturated heterocycles. The van der Waals surface area contributed by atoms with Crippen LogP contribution in [0, 0.1) is 0 Å². The molecule has 2 aromatic carbocycles. The van der Waals surface area contributed by atoms with Crippen LogP contribution in [0.25, 0.3) is 0 Å². The van der Waals surface area contributed by atoms with Gasteiger partial charge in [-0.15, -0.1) is 0 Å². The van der Waals surface area contributed by atoms with Crippen molar-refractivity contribution in [3.8, 4) is 5.75 Å². The number of thioether (sulfide) groups is 1. The van der Waals surface area contributed by atoms with Crippen molar-refractivity contribution in [2.45, 2.75) is 70.5 Å². The van der Waals surface area contributed by atoms with E-state index in [4.69, 9.17) is 0 Å². The van der Waals surface area contributed by atoms with Gasteiger partial charge in [0.2, 0.25) is 5.91 Å². The monoisotopic (exact) mass is 482 g/mol. The molecule has 1 heterocycles. The van der Waals surface area contributed by atoms with Gasteiger partial charge >= 0.3 is 0 Å². The average molecular weight is 483 g/mol. The molecule has 3 amide bonds. The van der Waals surface area contributed by atoms with Crippen molar-refractivity contribution in [1.29, 1.82) is 0 Å². The van der Waals surface area contributed by atoms with Gasteiger partial charge in [-0.2, -0.15) is 0 Å². The van der Waals surface area contributed by atoms with Crippen LogP contribution in [0.15, 0.2) is 36.4 Å². The molecule has 0 spiro atoms. The van der Waals surface area contributed by atoms with E-state index in [1.54, 1.807) is 12.1 Å². The predicted octanol–water partition coefficient (Wildman–Crippen LogP) is 4.85. The van der Waals surface area contributed by atoms with Gasteiger partial charge in [-0.1, -0.05) is 77.6 Å². The van der Waals surface area contributed by atoms with Crippen molar-refractivity contribution in [1.82, 2.24) is 10.6 Å². The summed E-state index contributed by atoms with van der Waals surface area (Å²) in [5.74, 6) is -0.142. The van der Waals surface area contributed by atoms with E-state index in [2.05, 4.69) is 10.6 Å². The van der Waals surface area contributed by atoms with Crippen LogP contribution in [0.1, 0.15) is 74.2 Å². The summed E-state index contributed by atoms with van der Waals surface area (Å²) < 4.78 is 0. The molecular weight excluding hydrogens is 448 g/mol. The molecule has 0 bridgehead atoms. The smallest absolute Gasteiger partial charge is 0.286 e. The number of rotatable bonds is 6. The molecule has 1 atom stereocenters. The summed E-state index contributed by atoms with van der Waals surface area (Å²) >= 11 is 1.03. The molecule has 0 unspecified atom stereocenters. The Morgan fingerprint density at radius 2 is 1.50 bits per heavy atom. The van der Waals surface area contributed by atoms with Crippen LogP contribution in [0.4, 0.5) is 4.79 Å². The van der Waals surface area contributed by atoms with Gasteiger partial charge in [0.1, 0.15) is 5.75 Å². The number of hydrogen-bond donors (Lipinski definition) is 3. The zero-order chi connectivity index (χ0) is 25.3. The van der Waals surface area contributed by atoms with Crippen LogP contribution >= 0.6 is 11.8 Å². The van der Waals surface area contributed by atoms with Crippen molar-refractivity contribution in [2.24, 2.45) is 0 Å².